The Kier molecular flexibility index (Phi) is 4.34. The summed E-state index contributed by atoms with van der Waals surface area (Å²) < 4.78 is 26.6. The Labute approximate surface area is 124 Å². The SMILES string of the molecule is CCc1ccc(N(C)S(=O)(=O)c2c(CO)n[nH]c2C)cc1. The van der Waals surface area contributed by atoms with Gasteiger partial charge in [0.2, 0.25) is 0 Å². The Balaban J connectivity index is 2.44. The van der Waals surface area contributed by atoms with Crippen molar-refractivity contribution in [3.05, 3.63) is 41.2 Å². The van der Waals surface area contributed by atoms with Crippen molar-refractivity contribution in [3.63, 3.8) is 0 Å². The first-order chi connectivity index (χ1) is 9.91. The third-order valence-electron chi connectivity index (χ3n) is 3.44. The van der Waals surface area contributed by atoms with E-state index in [0.29, 0.717) is 11.4 Å². The molecular weight excluding hydrogens is 290 g/mol. The van der Waals surface area contributed by atoms with E-state index in [1.807, 2.05) is 19.1 Å². The third-order valence-corrected chi connectivity index (χ3v) is 5.43. The molecule has 0 aliphatic carbocycles. The van der Waals surface area contributed by atoms with Crippen molar-refractivity contribution in [2.24, 2.45) is 0 Å². The van der Waals surface area contributed by atoms with E-state index in [-0.39, 0.29) is 10.6 Å². The predicted octanol–water partition coefficient (Wildman–Crippen LogP) is 1.60. The van der Waals surface area contributed by atoms with Gasteiger partial charge in [-0.25, -0.2) is 8.42 Å². The molecule has 1 aromatic carbocycles. The summed E-state index contributed by atoms with van der Waals surface area (Å²) in [5.41, 5.74) is 2.25. The number of benzene rings is 1. The molecule has 2 rings (SSSR count). The molecule has 0 atom stereocenters. The van der Waals surface area contributed by atoms with Crippen LogP contribution in [0.5, 0.6) is 0 Å². The second kappa shape index (κ2) is 5.87. The van der Waals surface area contributed by atoms with E-state index in [1.54, 1.807) is 19.1 Å². The number of aromatic amines is 1. The predicted molar refractivity (Wildman–Crippen MR) is 80.7 cm³/mol. The summed E-state index contributed by atoms with van der Waals surface area (Å²) in [5, 5.41) is 15.7. The second-order valence-electron chi connectivity index (χ2n) is 4.78. The largest absolute Gasteiger partial charge is 0.390 e. The Hall–Kier alpha value is -1.86. The van der Waals surface area contributed by atoms with Gasteiger partial charge in [-0.15, -0.1) is 0 Å². The van der Waals surface area contributed by atoms with Crippen LogP contribution >= 0.6 is 0 Å². The lowest BCUT2D eigenvalue weighted by Gasteiger charge is -2.20. The van der Waals surface area contributed by atoms with Crippen LogP contribution < -0.4 is 4.31 Å². The van der Waals surface area contributed by atoms with Crippen LogP contribution in [0.3, 0.4) is 0 Å². The van der Waals surface area contributed by atoms with Crippen LogP contribution in [0.2, 0.25) is 0 Å². The first kappa shape index (κ1) is 15.5. The van der Waals surface area contributed by atoms with Crippen LogP contribution in [0.1, 0.15) is 23.9 Å². The third kappa shape index (κ3) is 2.79. The molecule has 6 nitrogen and oxygen atoms in total. The van der Waals surface area contributed by atoms with Crippen molar-refractivity contribution in [2.45, 2.75) is 31.8 Å². The van der Waals surface area contributed by atoms with Crippen LogP contribution in [-0.2, 0) is 23.1 Å². The second-order valence-corrected chi connectivity index (χ2v) is 6.68. The molecule has 0 radical (unpaired) electrons. The van der Waals surface area contributed by atoms with Gasteiger partial charge in [0.25, 0.3) is 10.0 Å². The lowest BCUT2D eigenvalue weighted by molar-refractivity contribution is 0.273. The summed E-state index contributed by atoms with van der Waals surface area (Å²) in [5.74, 6) is 0. The van der Waals surface area contributed by atoms with Crippen molar-refractivity contribution in [1.82, 2.24) is 10.2 Å². The molecule has 0 spiro atoms. The minimum absolute atomic E-state index is 0.0343. The molecule has 0 unspecified atom stereocenters. The number of rotatable bonds is 5. The summed E-state index contributed by atoms with van der Waals surface area (Å²) in [6, 6.07) is 7.34. The van der Waals surface area contributed by atoms with E-state index in [9.17, 15) is 13.5 Å². The molecule has 21 heavy (non-hydrogen) atoms. The number of nitrogens with one attached hydrogen (secondary N) is 1. The molecule has 0 aliphatic heterocycles. The summed E-state index contributed by atoms with van der Waals surface area (Å²) in [4.78, 5) is 0.0343. The van der Waals surface area contributed by atoms with Gasteiger partial charge in [-0.2, -0.15) is 5.10 Å². The highest BCUT2D eigenvalue weighted by Gasteiger charge is 2.28. The molecule has 0 fully saturated rings. The number of aryl methyl sites for hydroxylation is 2. The van der Waals surface area contributed by atoms with Gasteiger partial charge in [-0.3, -0.25) is 9.40 Å². The lowest BCUT2D eigenvalue weighted by atomic mass is 10.1. The summed E-state index contributed by atoms with van der Waals surface area (Å²) in [7, 11) is -2.27. The van der Waals surface area contributed by atoms with Crippen LogP contribution in [0.25, 0.3) is 0 Å². The minimum atomic E-state index is -3.76. The van der Waals surface area contributed by atoms with Gasteiger partial charge in [0.1, 0.15) is 10.6 Å². The molecule has 1 aromatic heterocycles. The maximum atomic E-state index is 12.7. The van der Waals surface area contributed by atoms with Gasteiger partial charge in [-0.1, -0.05) is 19.1 Å². The molecule has 0 amide bonds. The maximum Gasteiger partial charge on any atom is 0.267 e. The molecular formula is C14H19N3O3S. The Morgan fingerprint density at radius 3 is 2.43 bits per heavy atom. The molecule has 7 heteroatoms. The zero-order valence-corrected chi connectivity index (χ0v) is 13.1. The first-order valence-electron chi connectivity index (χ1n) is 6.64. The number of aliphatic hydroxyl groups excluding tert-OH is 1. The quantitative estimate of drug-likeness (QED) is 0.878. The summed E-state index contributed by atoms with van der Waals surface area (Å²) >= 11 is 0. The van der Waals surface area contributed by atoms with E-state index < -0.39 is 16.6 Å². The average molecular weight is 309 g/mol. The normalized spacial score (nSPS) is 11.6. The number of anilines is 1. The molecule has 0 saturated heterocycles. The standard InChI is InChI=1S/C14H19N3O3S/c1-4-11-5-7-12(8-6-11)17(3)21(19,20)14-10(2)15-16-13(14)9-18/h5-8,18H,4,9H2,1-3H3,(H,15,16). The molecule has 2 aromatic rings. The number of aromatic nitrogens is 2. The van der Waals surface area contributed by atoms with E-state index in [0.717, 1.165) is 12.0 Å². The van der Waals surface area contributed by atoms with Crippen molar-refractivity contribution in [2.75, 3.05) is 11.4 Å². The molecule has 0 aliphatic rings. The molecule has 114 valence electrons. The summed E-state index contributed by atoms with van der Waals surface area (Å²) in [6.45, 7) is 3.23. The van der Waals surface area contributed by atoms with E-state index in [2.05, 4.69) is 10.2 Å². The van der Waals surface area contributed by atoms with Gasteiger partial charge >= 0.3 is 0 Å². The Bertz CT molecular complexity index is 720. The highest BCUT2D eigenvalue weighted by atomic mass is 32.2. The fraction of sp³-hybridized carbons (Fsp3) is 0.357. The summed E-state index contributed by atoms with van der Waals surface area (Å²) in [6.07, 6.45) is 0.895. The zero-order valence-electron chi connectivity index (χ0n) is 12.3. The van der Waals surface area contributed by atoms with Crippen molar-refractivity contribution >= 4 is 15.7 Å². The minimum Gasteiger partial charge on any atom is -0.390 e. The van der Waals surface area contributed by atoms with E-state index >= 15 is 0 Å². The lowest BCUT2D eigenvalue weighted by Crippen LogP contribution is -2.27. The van der Waals surface area contributed by atoms with E-state index in [4.69, 9.17) is 0 Å². The van der Waals surface area contributed by atoms with Gasteiger partial charge < -0.3 is 5.11 Å². The number of hydrogen-bond acceptors (Lipinski definition) is 4. The van der Waals surface area contributed by atoms with Gasteiger partial charge in [0, 0.05) is 7.05 Å². The maximum absolute atomic E-state index is 12.7. The smallest absolute Gasteiger partial charge is 0.267 e. The average Bonchev–Trinajstić information content (AvgIpc) is 2.88. The zero-order chi connectivity index (χ0) is 15.6. The Morgan fingerprint density at radius 1 is 1.29 bits per heavy atom. The number of sulfonamides is 1. The van der Waals surface area contributed by atoms with Crippen LogP contribution in [-0.4, -0.2) is 30.8 Å². The number of hydrogen-bond donors (Lipinski definition) is 2. The molecule has 2 N–H and O–H groups in total. The molecule has 0 bridgehead atoms. The fourth-order valence-electron chi connectivity index (χ4n) is 2.14. The van der Waals surface area contributed by atoms with Crippen molar-refractivity contribution in [1.29, 1.82) is 0 Å². The van der Waals surface area contributed by atoms with Crippen LogP contribution in [0.15, 0.2) is 29.2 Å². The van der Waals surface area contributed by atoms with Gasteiger partial charge in [-0.05, 0) is 31.0 Å². The van der Waals surface area contributed by atoms with E-state index in [1.165, 1.54) is 11.4 Å². The van der Waals surface area contributed by atoms with Crippen molar-refractivity contribution < 1.29 is 13.5 Å². The highest BCUT2D eigenvalue weighted by Crippen LogP contribution is 2.26. The number of nitrogens with zero attached hydrogens (tertiary/aromatic N) is 2. The van der Waals surface area contributed by atoms with Gasteiger partial charge in [0.15, 0.2) is 0 Å². The number of H-pyrrole nitrogens is 1. The Morgan fingerprint density at radius 2 is 1.90 bits per heavy atom. The monoisotopic (exact) mass is 309 g/mol. The van der Waals surface area contributed by atoms with Crippen LogP contribution in [0.4, 0.5) is 5.69 Å². The van der Waals surface area contributed by atoms with Gasteiger partial charge in [0.05, 0.1) is 18.0 Å². The molecule has 0 saturated carbocycles. The first-order valence-corrected chi connectivity index (χ1v) is 8.08. The molecule has 1 heterocycles. The van der Waals surface area contributed by atoms with Crippen LogP contribution in [0, 0.1) is 6.92 Å². The highest BCUT2D eigenvalue weighted by molar-refractivity contribution is 7.92. The number of aliphatic hydroxyl groups is 1. The van der Waals surface area contributed by atoms with Crippen molar-refractivity contribution in [3.8, 4) is 0 Å². The fourth-order valence-corrected chi connectivity index (χ4v) is 3.65. The topological polar surface area (TPSA) is 86.3 Å².